The van der Waals surface area contributed by atoms with E-state index in [1.165, 1.54) is 37.9 Å². The van der Waals surface area contributed by atoms with Gasteiger partial charge in [0.1, 0.15) is 0 Å². The fraction of sp³-hybridized carbons (Fsp3) is 1.00. The van der Waals surface area contributed by atoms with E-state index < -0.39 is 0 Å². The van der Waals surface area contributed by atoms with Crippen molar-refractivity contribution in [2.75, 3.05) is 18.1 Å². The lowest BCUT2D eigenvalue weighted by molar-refractivity contribution is 0.157. The highest BCUT2D eigenvalue weighted by Gasteiger charge is 2.46. The van der Waals surface area contributed by atoms with Crippen LogP contribution in [0.2, 0.25) is 0 Å². The highest BCUT2D eigenvalue weighted by atomic mass is 32.2. The van der Waals surface area contributed by atoms with Gasteiger partial charge >= 0.3 is 0 Å². The first-order chi connectivity index (χ1) is 7.30. The van der Waals surface area contributed by atoms with Crippen LogP contribution in [0.4, 0.5) is 0 Å². The van der Waals surface area contributed by atoms with Crippen molar-refractivity contribution in [3.8, 4) is 0 Å². The third kappa shape index (κ3) is 3.11. The molecule has 0 aromatic rings. The Morgan fingerprint density at radius 3 is 2.53 bits per heavy atom. The van der Waals surface area contributed by atoms with Gasteiger partial charge in [-0.2, -0.15) is 11.8 Å². The summed E-state index contributed by atoms with van der Waals surface area (Å²) in [5, 5.41) is 13.4. The second-order valence-corrected chi connectivity index (χ2v) is 6.16. The Hall–Kier alpha value is 0.270. The lowest BCUT2D eigenvalue weighted by Gasteiger charge is -2.33. The molecule has 2 saturated carbocycles. The Bertz CT molecular complexity index is 204. The van der Waals surface area contributed by atoms with Gasteiger partial charge < -0.3 is 10.4 Å². The quantitative estimate of drug-likeness (QED) is 0.625. The molecule has 1 unspecified atom stereocenters. The Kier molecular flexibility index (Phi) is 3.97. The monoisotopic (exact) mass is 229 g/mol. The summed E-state index contributed by atoms with van der Waals surface area (Å²) in [4.78, 5) is 0. The molecule has 15 heavy (non-hydrogen) atoms. The Balaban J connectivity index is 1.86. The molecular formula is C12H23NOS. The third-order valence-electron chi connectivity index (χ3n) is 3.42. The van der Waals surface area contributed by atoms with Crippen LogP contribution in [0.25, 0.3) is 0 Å². The summed E-state index contributed by atoms with van der Waals surface area (Å²) >= 11 is 2.00. The molecule has 1 atom stereocenters. The minimum Gasteiger partial charge on any atom is -0.394 e. The Labute approximate surface area is 97.2 Å². The Morgan fingerprint density at radius 2 is 2.07 bits per heavy atom. The summed E-state index contributed by atoms with van der Waals surface area (Å²) < 4.78 is 0. The maximum Gasteiger partial charge on any atom is 0.0624 e. The zero-order chi connectivity index (χ0) is 10.7. The topological polar surface area (TPSA) is 32.3 Å². The van der Waals surface area contributed by atoms with E-state index in [2.05, 4.69) is 12.2 Å². The number of rotatable bonds is 8. The molecule has 0 aliphatic heterocycles. The van der Waals surface area contributed by atoms with Gasteiger partial charge in [0.2, 0.25) is 0 Å². The van der Waals surface area contributed by atoms with Gasteiger partial charge in [-0.1, -0.05) is 6.92 Å². The molecule has 2 aliphatic carbocycles. The van der Waals surface area contributed by atoms with Crippen molar-refractivity contribution in [2.45, 2.75) is 50.6 Å². The van der Waals surface area contributed by atoms with E-state index in [9.17, 15) is 5.11 Å². The van der Waals surface area contributed by atoms with E-state index in [0.29, 0.717) is 12.6 Å². The zero-order valence-corrected chi connectivity index (χ0v) is 10.5. The van der Waals surface area contributed by atoms with E-state index in [0.717, 1.165) is 11.7 Å². The fourth-order valence-corrected chi connectivity index (χ4v) is 3.37. The van der Waals surface area contributed by atoms with Gasteiger partial charge in [0.05, 0.1) is 12.1 Å². The Morgan fingerprint density at radius 1 is 1.33 bits per heavy atom. The minimum absolute atomic E-state index is 0.0566. The molecule has 2 rings (SSSR count). The van der Waals surface area contributed by atoms with Crippen LogP contribution >= 0.6 is 11.8 Å². The van der Waals surface area contributed by atoms with Crippen LogP contribution < -0.4 is 5.32 Å². The molecule has 0 amide bonds. The molecule has 0 spiro atoms. The van der Waals surface area contributed by atoms with Crippen molar-refractivity contribution in [1.29, 1.82) is 0 Å². The lowest BCUT2D eigenvalue weighted by Crippen LogP contribution is -2.54. The van der Waals surface area contributed by atoms with Gasteiger partial charge in [-0.3, -0.25) is 0 Å². The molecule has 0 radical (unpaired) electrons. The summed E-state index contributed by atoms with van der Waals surface area (Å²) in [6.45, 7) is 2.55. The van der Waals surface area contributed by atoms with Crippen molar-refractivity contribution < 1.29 is 5.11 Å². The van der Waals surface area contributed by atoms with Gasteiger partial charge in [0.15, 0.2) is 0 Å². The summed E-state index contributed by atoms with van der Waals surface area (Å²) in [7, 11) is 0. The predicted molar refractivity (Wildman–Crippen MR) is 66.3 cm³/mol. The van der Waals surface area contributed by atoms with Crippen LogP contribution in [0.5, 0.6) is 0 Å². The summed E-state index contributed by atoms with van der Waals surface area (Å²) in [6.07, 6.45) is 6.49. The van der Waals surface area contributed by atoms with Gasteiger partial charge in [0.25, 0.3) is 0 Å². The van der Waals surface area contributed by atoms with Crippen LogP contribution in [-0.4, -0.2) is 34.8 Å². The molecule has 2 aliphatic rings. The second-order valence-electron chi connectivity index (χ2n) is 5.06. The molecule has 2 fully saturated rings. The normalized spacial score (nSPS) is 25.2. The zero-order valence-electron chi connectivity index (χ0n) is 9.67. The average molecular weight is 229 g/mol. The predicted octanol–water partition coefficient (Wildman–Crippen LogP) is 2.02. The second kappa shape index (κ2) is 5.07. The summed E-state index contributed by atoms with van der Waals surface area (Å²) in [6, 6.07) is 0.708. The van der Waals surface area contributed by atoms with Gasteiger partial charge in [-0.25, -0.2) is 0 Å². The van der Waals surface area contributed by atoms with Crippen LogP contribution in [0.1, 0.15) is 39.0 Å². The first kappa shape index (κ1) is 11.7. The van der Waals surface area contributed by atoms with E-state index >= 15 is 0 Å². The van der Waals surface area contributed by atoms with E-state index in [1.54, 1.807) is 0 Å². The number of nitrogens with one attached hydrogen (secondary N) is 1. The number of aliphatic hydroxyl groups is 1. The van der Waals surface area contributed by atoms with Crippen LogP contribution in [0, 0.1) is 5.92 Å². The first-order valence-electron chi connectivity index (χ1n) is 6.27. The third-order valence-corrected chi connectivity index (χ3v) is 4.83. The molecule has 0 aromatic heterocycles. The maximum atomic E-state index is 9.69. The van der Waals surface area contributed by atoms with Crippen molar-refractivity contribution >= 4 is 11.8 Å². The van der Waals surface area contributed by atoms with Crippen LogP contribution in [0.3, 0.4) is 0 Å². The molecule has 0 aromatic carbocycles. The molecule has 0 bridgehead atoms. The van der Waals surface area contributed by atoms with Crippen molar-refractivity contribution in [3.63, 3.8) is 0 Å². The smallest absolute Gasteiger partial charge is 0.0624 e. The van der Waals surface area contributed by atoms with E-state index in [1.807, 2.05) is 11.8 Å². The molecular weight excluding hydrogens is 206 g/mol. The lowest BCUT2D eigenvalue weighted by atomic mass is 9.96. The highest BCUT2D eigenvalue weighted by molar-refractivity contribution is 7.99. The number of aliphatic hydroxyl groups excluding tert-OH is 1. The maximum absolute atomic E-state index is 9.69. The van der Waals surface area contributed by atoms with Crippen molar-refractivity contribution in [2.24, 2.45) is 5.92 Å². The molecule has 0 heterocycles. The van der Waals surface area contributed by atoms with E-state index in [4.69, 9.17) is 0 Å². The summed E-state index contributed by atoms with van der Waals surface area (Å²) in [5.74, 6) is 3.06. The molecule has 2 nitrogen and oxygen atoms in total. The average Bonchev–Trinajstić information content (AvgIpc) is 3.09. The number of hydrogen-bond donors (Lipinski definition) is 2. The molecule has 2 N–H and O–H groups in total. The van der Waals surface area contributed by atoms with Gasteiger partial charge in [-0.05, 0) is 43.8 Å². The molecule has 88 valence electrons. The SMILES string of the molecule is CCCSCC(CO)(NC1CC1)C1CC1. The van der Waals surface area contributed by atoms with Crippen LogP contribution in [-0.2, 0) is 0 Å². The van der Waals surface area contributed by atoms with Crippen LogP contribution in [0.15, 0.2) is 0 Å². The minimum atomic E-state index is 0.0566. The molecule has 0 saturated heterocycles. The molecule has 3 heteroatoms. The van der Waals surface area contributed by atoms with Gasteiger partial charge in [-0.15, -0.1) is 0 Å². The number of thioether (sulfide) groups is 1. The van der Waals surface area contributed by atoms with E-state index in [-0.39, 0.29) is 5.54 Å². The van der Waals surface area contributed by atoms with Crippen molar-refractivity contribution in [3.05, 3.63) is 0 Å². The highest BCUT2D eigenvalue weighted by Crippen LogP contribution is 2.43. The summed E-state index contributed by atoms with van der Waals surface area (Å²) in [5.41, 5.74) is 0.0566. The fourth-order valence-electron chi connectivity index (χ4n) is 2.17. The standard InChI is InChI=1S/C12H23NOS/c1-2-7-15-9-12(8-14,10-3-4-10)13-11-5-6-11/h10-11,13-14H,2-9H2,1H3. The largest absolute Gasteiger partial charge is 0.394 e. The van der Waals surface area contributed by atoms with Gasteiger partial charge in [0, 0.05) is 11.8 Å². The number of hydrogen-bond acceptors (Lipinski definition) is 3. The van der Waals surface area contributed by atoms with Crippen molar-refractivity contribution in [1.82, 2.24) is 5.32 Å². The first-order valence-corrected chi connectivity index (χ1v) is 7.42.